The Morgan fingerprint density at radius 3 is 2.77 bits per heavy atom. The Balaban J connectivity index is 2.34. The number of hydrazine groups is 1. The van der Waals surface area contributed by atoms with Gasteiger partial charge in [-0.2, -0.15) is 0 Å². The summed E-state index contributed by atoms with van der Waals surface area (Å²) in [6.07, 6.45) is 3.76. The summed E-state index contributed by atoms with van der Waals surface area (Å²) in [5.74, 6) is 6.88. The fraction of sp³-hybridized carbons (Fsp3) is 0.889. The smallest absolute Gasteiger partial charge is 0.205 e. The van der Waals surface area contributed by atoms with Crippen molar-refractivity contribution < 1.29 is 0 Å². The number of hydrogen-bond donors (Lipinski definition) is 3. The van der Waals surface area contributed by atoms with Crippen molar-refractivity contribution in [3.63, 3.8) is 0 Å². The first kappa shape index (κ1) is 10.3. The van der Waals surface area contributed by atoms with E-state index in [0.717, 1.165) is 18.4 Å². The largest absolute Gasteiger partial charge is 0.353 e. The molecular formula is C9H20N4. The lowest BCUT2D eigenvalue weighted by Crippen LogP contribution is -2.45. The van der Waals surface area contributed by atoms with Crippen LogP contribution in [0.25, 0.3) is 0 Å². The number of nitrogens with one attached hydrogen (secondary N) is 2. The van der Waals surface area contributed by atoms with Gasteiger partial charge in [-0.05, 0) is 32.1 Å². The molecule has 0 bridgehead atoms. The van der Waals surface area contributed by atoms with E-state index in [-0.39, 0.29) is 0 Å². The van der Waals surface area contributed by atoms with Gasteiger partial charge in [-0.15, -0.1) is 0 Å². The molecule has 0 aromatic rings. The summed E-state index contributed by atoms with van der Waals surface area (Å²) in [4.78, 5) is 4.20. The Labute approximate surface area is 80.0 Å². The van der Waals surface area contributed by atoms with Crippen molar-refractivity contribution in [3.8, 4) is 0 Å². The van der Waals surface area contributed by atoms with Crippen LogP contribution < -0.4 is 16.6 Å². The molecule has 0 amide bonds. The maximum atomic E-state index is 5.33. The van der Waals surface area contributed by atoms with Crippen molar-refractivity contribution in [2.45, 2.75) is 39.2 Å². The van der Waals surface area contributed by atoms with E-state index in [1.165, 1.54) is 19.3 Å². The SMILES string of the molecule is CCN=C(NN)NC1CCC(C)C1. The minimum absolute atomic E-state index is 0.552. The molecule has 2 atom stereocenters. The lowest BCUT2D eigenvalue weighted by molar-refractivity contribution is 0.564. The Morgan fingerprint density at radius 1 is 1.54 bits per heavy atom. The quantitative estimate of drug-likeness (QED) is 0.255. The zero-order valence-electron chi connectivity index (χ0n) is 8.51. The first-order chi connectivity index (χ1) is 6.26. The molecule has 76 valence electrons. The van der Waals surface area contributed by atoms with Gasteiger partial charge in [0.05, 0.1) is 0 Å². The van der Waals surface area contributed by atoms with E-state index < -0.39 is 0 Å². The Morgan fingerprint density at radius 2 is 2.31 bits per heavy atom. The normalized spacial score (nSPS) is 29.0. The summed E-state index contributed by atoms with van der Waals surface area (Å²) in [5.41, 5.74) is 2.58. The van der Waals surface area contributed by atoms with Gasteiger partial charge in [-0.25, -0.2) is 5.84 Å². The maximum Gasteiger partial charge on any atom is 0.205 e. The number of aliphatic imine (C=N–C) groups is 1. The maximum absolute atomic E-state index is 5.33. The predicted molar refractivity (Wildman–Crippen MR) is 55.2 cm³/mol. The second-order valence-corrected chi connectivity index (χ2v) is 3.73. The molecule has 13 heavy (non-hydrogen) atoms. The minimum atomic E-state index is 0.552. The van der Waals surface area contributed by atoms with Crippen LogP contribution in [0.15, 0.2) is 4.99 Å². The van der Waals surface area contributed by atoms with Gasteiger partial charge in [0.2, 0.25) is 5.96 Å². The third-order valence-corrected chi connectivity index (χ3v) is 2.49. The van der Waals surface area contributed by atoms with Crippen molar-refractivity contribution in [1.82, 2.24) is 10.7 Å². The third kappa shape index (κ3) is 3.22. The topological polar surface area (TPSA) is 62.4 Å². The van der Waals surface area contributed by atoms with Crippen LogP contribution in [-0.2, 0) is 0 Å². The van der Waals surface area contributed by atoms with Crippen LogP contribution in [0.4, 0.5) is 0 Å². The average molecular weight is 184 g/mol. The molecule has 4 N–H and O–H groups in total. The predicted octanol–water partition coefficient (Wildman–Crippen LogP) is 0.604. The highest BCUT2D eigenvalue weighted by molar-refractivity contribution is 5.79. The van der Waals surface area contributed by atoms with Crippen LogP contribution >= 0.6 is 0 Å². The highest BCUT2D eigenvalue weighted by atomic mass is 15.3. The molecule has 0 aromatic heterocycles. The minimum Gasteiger partial charge on any atom is -0.353 e. The molecule has 0 radical (unpaired) electrons. The number of nitrogens with two attached hydrogens (primary N) is 1. The summed E-state index contributed by atoms with van der Waals surface area (Å²) in [5, 5.41) is 3.31. The summed E-state index contributed by atoms with van der Waals surface area (Å²) in [6, 6.07) is 0.552. The molecule has 0 heterocycles. The second-order valence-electron chi connectivity index (χ2n) is 3.73. The standard InChI is InChI=1S/C9H20N4/c1-3-11-9(13-10)12-8-5-4-7(2)6-8/h7-8H,3-6,10H2,1-2H3,(H2,11,12,13). The lowest BCUT2D eigenvalue weighted by Gasteiger charge is -2.14. The number of rotatable bonds is 2. The molecule has 1 aliphatic carbocycles. The van der Waals surface area contributed by atoms with E-state index in [9.17, 15) is 0 Å². The summed E-state index contributed by atoms with van der Waals surface area (Å²) >= 11 is 0. The molecule has 0 aliphatic heterocycles. The Hall–Kier alpha value is -0.770. The molecule has 4 heteroatoms. The molecule has 1 fully saturated rings. The third-order valence-electron chi connectivity index (χ3n) is 2.49. The van der Waals surface area contributed by atoms with Gasteiger partial charge < -0.3 is 5.32 Å². The molecular weight excluding hydrogens is 164 g/mol. The first-order valence-corrected chi connectivity index (χ1v) is 5.03. The van der Waals surface area contributed by atoms with E-state index in [1.54, 1.807) is 0 Å². The van der Waals surface area contributed by atoms with Crippen molar-refractivity contribution in [3.05, 3.63) is 0 Å². The molecule has 2 unspecified atom stereocenters. The van der Waals surface area contributed by atoms with Crippen LogP contribution in [0.1, 0.15) is 33.1 Å². The van der Waals surface area contributed by atoms with Gasteiger partial charge >= 0.3 is 0 Å². The van der Waals surface area contributed by atoms with Crippen LogP contribution in [0, 0.1) is 5.92 Å². The van der Waals surface area contributed by atoms with Crippen molar-refractivity contribution in [1.29, 1.82) is 0 Å². The van der Waals surface area contributed by atoms with Crippen molar-refractivity contribution in [2.75, 3.05) is 6.54 Å². The Bertz CT molecular complexity index is 178. The number of hydrogen-bond acceptors (Lipinski definition) is 2. The van der Waals surface area contributed by atoms with E-state index in [4.69, 9.17) is 5.84 Å². The van der Waals surface area contributed by atoms with Crippen LogP contribution in [0.2, 0.25) is 0 Å². The first-order valence-electron chi connectivity index (χ1n) is 5.03. The van der Waals surface area contributed by atoms with Crippen LogP contribution in [0.5, 0.6) is 0 Å². The molecule has 1 aliphatic rings. The van der Waals surface area contributed by atoms with Gasteiger partial charge in [0, 0.05) is 12.6 Å². The average Bonchev–Trinajstić information content (AvgIpc) is 2.50. The van der Waals surface area contributed by atoms with Crippen molar-refractivity contribution in [2.24, 2.45) is 16.8 Å². The molecule has 0 spiro atoms. The Kier molecular flexibility index (Phi) is 4.02. The highest BCUT2D eigenvalue weighted by Crippen LogP contribution is 2.24. The van der Waals surface area contributed by atoms with Crippen molar-refractivity contribution >= 4 is 5.96 Å². The second kappa shape index (κ2) is 5.07. The van der Waals surface area contributed by atoms with Gasteiger partial charge in [0.15, 0.2) is 0 Å². The monoisotopic (exact) mass is 184 g/mol. The zero-order chi connectivity index (χ0) is 9.68. The molecule has 1 rings (SSSR count). The van der Waals surface area contributed by atoms with Crippen LogP contribution in [0.3, 0.4) is 0 Å². The summed E-state index contributed by atoms with van der Waals surface area (Å²) < 4.78 is 0. The molecule has 1 saturated carbocycles. The lowest BCUT2D eigenvalue weighted by atomic mass is 10.1. The molecule has 0 aromatic carbocycles. The number of nitrogens with zero attached hydrogens (tertiary/aromatic N) is 1. The van der Waals surface area contributed by atoms with E-state index in [0.29, 0.717) is 6.04 Å². The van der Waals surface area contributed by atoms with Gasteiger partial charge in [0.1, 0.15) is 0 Å². The van der Waals surface area contributed by atoms with E-state index in [2.05, 4.69) is 22.7 Å². The summed E-state index contributed by atoms with van der Waals surface area (Å²) in [7, 11) is 0. The summed E-state index contributed by atoms with van der Waals surface area (Å²) in [6.45, 7) is 5.04. The van der Waals surface area contributed by atoms with E-state index in [1.807, 2.05) is 6.92 Å². The van der Waals surface area contributed by atoms with Gasteiger partial charge in [-0.1, -0.05) is 6.92 Å². The van der Waals surface area contributed by atoms with Crippen LogP contribution in [-0.4, -0.2) is 18.5 Å². The fourth-order valence-corrected chi connectivity index (χ4v) is 1.82. The van der Waals surface area contributed by atoms with Gasteiger partial charge in [-0.3, -0.25) is 10.4 Å². The highest BCUT2D eigenvalue weighted by Gasteiger charge is 2.21. The number of guanidine groups is 1. The zero-order valence-corrected chi connectivity index (χ0v) is 8.51. The van der Waals surface area contributed by atoms with E-state index >= 15 is 0 Å². The van der Waals surface area contributed by atoms with Gasteiger partial charge in [0.25, 0.3) is 0 Å². The molecule has 4 nitrogen and oxygen atoms in total. The molecule has 0 saturated heterocycles. The fourth-order valence-electron chi connectivity index (χ4n) is 1.82.